The van der Waals surface area contributed by atoms with Crippen LogP contribution in [0.2, 0.25) is 0 Å². The van der Waals surface area contributed by atoms with E-state index >= 15 is 0 Å². The molecule has 5 N–H and O–H groups in total. The zero-order chi connectivity index (χ0) is 50.5. The van der Waals surface area contributed by atoms with Gasteiger partial charge in [-0.15, -0.1) is 0 Å². The molecule has 0 fully saturated rings. The predicted molar refractivity (Wildman–Crippen MR) is 272 cm³/mol. The van der Waals surface area contributed by atoms with Crippen molar-refractivity contribution >= 4 is 24.0 Å². The van der Waals surface area contributed by atoms with Gasteiger partial charge in [0, 0.05) is 54.4 Å². The van der Waals surface area contributed by atoms with Crippen molar-refractivity contribution in [3.8, 4) is 29.4 Å². The summed E-state index contributed by atoms with van der Waals surface area (Å²) in [6.07, 6.45) is 3.86. The zero-order valence-corrected chi connectivity index (χ0v) is 42.5. The molecule has 0 saturated carbocycles. The maximum atomic E-state index is 12.3. The fraction of sp³-hybridized carbons (Fsp3) is 0.453. The molecule has 0 aliphatic heterocycles. The number of hydrogen-bond donors (Lipinski definition) is 5. The van der Waals surface area contributed by atoms with Gasteiger partial charge in [0.1, 0.15) is 11.5 Å². The average Bonchev–Trinajstić information content (AvgIpc) is 3.65. The number of nitrogens with one attached hydrogen (secondary N) is 4. The van der Waals surface area contributed by atoms with Crippen molar-refractivity contribution in [2.24, 2.45) is 10.9 Å². The first kappa shape index (κ1) is 64.0. The monoisotopic (exact) mass is 913 g/mol. The highest BCUT2D eigenvalue weighted by Gasteiger charge is 2.13. The Morgan fingerprint density at radius 1 is 0.909 bits per heavy atom. The highest BCUT2D eigenvalue weighted by Crippen LogP contribution is 2.21. The van der Waals surface area contributed by atoms with Gasteiger partial charge >= 0.3 is 5.97 Å². The summed E-state index contributed by atoms with van der Waals surface area (Å²) >= 11 is 0. The van der Waals surface area contributed by atoms with Gasteiger partial charge in [-0.1, -0.05) is 99.3 Å². The van der Waals surface area contributed by atoms with Gasteiger partial charge in [-0.3, -0.25) is 19.7 Å². The number of rotatable bonds is 14. The second-order valence-electron chi connectivity index (χ2n) is 14.3. The van der Waals surface area contributed by atoms with Crippen molar-refractivity contribution in [3.05, 3.63) is 118 Å². The molecule has 3 aromatic carbocycles. The van der Waals surface area contributed by atoms with Crippen LogP contribution in [0.3, 0.4) is 0 Å². The number of aromatic nitrogens is 1. The van der Waals surface area contributed by atoms with Crippen molar-refractivity contribution in [2.75, 3.05) is 55.7 Å². The summed E-state index contributed by atoms with van der Waals surface area (Å²) in [4.78, 5) is 41.0. The van der Waals surface area contributed by atoms with Crippen LogP contribution in [0.1, 0.15) is 100 Å². The lowest BCUT2D eigenvalue weighted by atomic mass is 10.0. The van der Waals surface area contributed by atoms with E-state index in [1.54, 1.807) is 54.3 Å². The fourth-order valence-electron chi connectivity index (χ4n) is 4.72. The molecule has 0 spiro atoms. The Hall–Kier alpha value is -6.25. The van der Waals surface area contributed by atoms with Crippen molar-refractivity contribution in [3.63, 3.8) is 0 Å². The number of hydrogen-bond acceptors (Lipinski definition) is 10. The smallest absolute Gasteiger partial charge is 0.303 e. The number of methoxy groups -OCH3 is 1. The van der Waals surface area contributed by atoms with E-state index in [2.05, 4.69) is 129 Å². The van der Waals surface area contributed by atoms with Crippen LogP contribution in [-0.4, -0.2) is 89.8 Å². The number of aryl methyl sites for hydroxylation is 4. The quantitative estimate of drug-likeness (QED) is 0.0470. The van der Waals surface area contributed by atoms with Crippen molar-refractivity contribution in [2.45, 2.75) is 100 Å². The summed E-state index contributed by atoms with van der Waals surface area (Å²) in [5.41, 5.74) is 5.33. The van der Waals surface area contributed by atoms with Gasteiger partial charge in [0.25, 0.3) is 0 Å². The molecule has 1 atom stereocenters. The lowest BCUT2D eigenvalue weighted by molar-refractivity contribution is -0.137. The molecule has 4 rings (SSSR count). The SMILES string of the molecule is CC#CC#CC(C)C(=O)NCc1cc(OCCc2nc(C)oc2C)ccc1CCC(=O)O.CC(C)c1ccccc1.CC=NC.CCc1ccccc1.CNC.CNC(C)=O.CNCOC. The minimum Gasteiger partial charge on any atom is -0.493 e. The number of benzene rings is 3. The van der Waals surface area contributed by atoms with Crippen LogP contribution in [0, 0.1) is 43.4 Å². The van der Waals surface area contributed by atoms with Crippen molar-refractivity contribution in [1.82, 2.24) is 26.3 Å². The van der Waals surface area contributed by atoms with E-state index < -0.39 is 11.9 Å². The van der Waals surface area contributed by atoms with Crippen LogP contribution < -0.4 is 26.0 Å². The second-order valence-corrected chi connectivity index (χ2v) is 14.3. The Morgan fingerprint density at radius 3 is 1.88 bits per heavy atom. The maximum Gasteiger partial charge on any atom is 0.303 e. The fourth-order valence-corrected chi connectivity index (χ4v) is 4.72. The molecule has 0 radical (unpaired) electrons. The highest BCUT2D eigenvalue weighted by atomic mass is 16.5. The molecule has 66 heavy (non-hydrogen) atoms. The van der Waals surface area contributed by atoms with E-state index in [1.807, 2.05) is 59.3 Å². The number of aliphatic carboxylic acids is 1. The summed E-state index contributed by atoms with van der Waals surface area (Å²) in [6, 6.07) is 26.5. The standard InChI is InChI=1S/C25H28N2O5.C9H12.C8H10.C3H9NO.C3H7NO.C3H7N.C2H7N/c1-5-6-7-8-17(2)25(30)26-16-21-15-22(11-9-20(21)10-12-24(28)29)31-14-13-23-18(3)32-19(4)27-23;1-8(2)9-6-4-3-5-7-9;1-2-8-6-4-3-5-7-8;1-4-3-5-2;1-3(5)4-2;1-3-4-2;1-3-2/h9,11,15,17H,10,12-14,16H2,1-4H3,(H,26,30)(H,28,29);3-8H,1-2H3;3-7H,2H2,1H3;4H,3H2,1-2H3;1-2H3,(H,4,5);3H,1-2H3;3H,1-2H3. The normalized spacial score (nSPS) is 9.76. The molecule has 13 nitrogen and oxygen atoms in total. The first-order valence-electron chi connectivity index (χ1n) is 22.0. The summed E-state index contributed by atoms with van der Waals surface area (Å²) < 4.78 is 15.9. The first-order valence-corrected chi connectivity index (χ1v) is 22.0. The number of nitrogens with zero attached hydrogens (tertiary/aromatic N) is 2. The van der Waals surface area contributed by atoms with E-state index in [0.717, 1.165) is 29.0 Å². The number of carbonyl (C=O) groups excluding carboxylic acids is 2. The Balaban J connectivity index is -0.000000931. The van der Waals surface area contributed by atoms with Crippen molar-refractivity contribution in [1.29, 1.82) is 0 Å². The van der Waals surface area contributed by atoms with Crippen LogP contribution in [-0.2, 0) is 44.9 Å². The number of carbonyl (C=O) groups is 3. The van der Waals surface area contributed by atoms with E-state index in [9.17, 15) is 14.4 Å². The molecular formula is C53H80N6O7. The summed E-state index contributed by atoms with van der Waals surface area (Å²) in [6.45, 7) is 18.3. The Morgan fingerprint density at radius 2 is 1.48 bits per heavy atom. The lowest BCUT2D eigenvalue weighted by Crippen LogP contribution is -2.28. The lowest BCUT2D eigenvalue weighted by Gasteiger charge is -2.14. The second kappa shape index (κ2) is 44.0. The van der Waals surface area contributed by atoms with E-state index in [4.69, 9.17) is 14.3 Å². The molecule has 1 aromatic heterocycles. The number of aliphatic imine (C=N–C) groups is 1. The minimum atomic E-state index is -0.875. The largest absolute Gasteiger partial charge is 0.493 e. The predicted octanol–water partition coefficient (Wildman–Crippen LogP) is 8.37. The van der Waals surface area contributed by atoms with E-state index in [0.29, 0.717) is 43.7 Å². The van der Waals surface area contributed by atoms with E-state index in [1.165, 1.54) is 18.1 Å². The molecule has 0 aliphatic carbocycles. The van der Waals surface area contributed by atoms with Crippen LogP contribution in [0.15, 0.2) is 88.3 Å². The molecule has 0 bridgehead atoms. The maximum absolute atomic E-state index is 12.3. The van der Waals surface area contributed by atoms with Crippen molar-refractivity contribution < 1.29 is 33.4 Å². The number of amides is 2. The molecule has 4 aromatic rings. The molecule has 2 amide bonds. The molecule has 0 aliphatic rings. The van der Waals surface area contributed by atoms with Crippen LogP contribution in [0.4, 0.5) is 0 Å². The molecule has 364 valence electrons. The third kappa shape index (κ3) is 37.2. The average molecular weight is 913 g/mol. The molecule has 0 saturated heterocycles. The molecule has 1 heterocycles. The Labute approximate surface area is 397 Å². The first-order chi connectivity index (χ1) is 31.5. The van der Waals surface area contributed by atoms with Gasteiger partial charge in [-0.05, 0) is 120 Å². The minimum absolute atomic E-state index is 0.00347. The zero-order valence-electron chi connectivity index (χ0n) is 42.5. The summed E-state index contributed by atoms with van der Waals surface area (Å²) in [7, 11) is 10.6. The van der Waals surface area contributed by atoms with Gasteiger partial charge < -0.3 is 39.9 Å². The number of ether oxygens (including phenoxy) is 2. The van der Waals surface area contributed by atoms with Gasteiger partial charge in [0.05, 0.1) is 24.9 Å². The summed E-state index contributed by atoms with van der Waals surface area (Å²) in [5, 5.41) is 19.8. The van der Waals surface area contributed by atoms with Gasteiger partial charge in [0.15, 0.2) is 5.89 Å². The van der Waals surface area contributed by atoms with Gasteiger partial charge in [0.2, 0.25) is 11.8 Å². The Kier molecular flexibility index (Phi) is 42.7. The van der Waals surface area contributed by atoms with Gasteiger partial charge in [-0.25, -0.2) is 4.98 Å². The Bertz CT molecular complexity index is 1990. The van der Waals surface area contributed by atoms with Crippen LogP contribution >= 0.6 is 0 Å². The number of carboxylic acids is 1. The molecule has 1 unspecified atom stereocenters. The third-order valence-electron chi connectivity index (χ3n) is 8.33. The molecule has 13 heteroatoms. The van der Waals surface area contributed by atoms with E-state index in [-0.39, 0.29) is 24.8 Å². The number of oxazole rings is 1. The molecular weight excluding hydrogens is 833 g/mol. The number of carboxylic acid groups (broad SMARTS) is 1. The third-order valence-corrected chi connectivity index (χ3v) is 8.33. The van der Waals surface area contributed by atoms with Crippen LogP contribution in [0.5, 0.6) is 5.75 Å². The van der Waals surface area contributed by atoms with Gasteiger partial charge in [-0.2, -0.15) is 0 Å². The topological polar surface area (TPSA) is 176 Å². The highest BCUT2D eigenvalue weighted by molar-refractivity contribution is 5.81. The van der Waals surface area contributed by atoms with Crippen LogP contribution in [0.25, 0.3) is 0 Å². The summed E-state index contributed by atoms with van der Waals surface area (Å²) in [5.74, 6) is 11.8.